The van der Waals surface area contributed by atoms with E-state index in [0.29, 0.717) is 11.7 Å². The molecule has 1 heterocycles. The number of hydrogen-bond donors (Lipinski definition) is 1. The van der Waals surface area contributed by atoms with Gasteiger partial charge in [0.05, 0.1) is 0 Å². The molecule has 0 amide bonds. The van der Waals surface area contributed by atoms with Gasteiger partial charge in [-0.15, -0.1) is 0 Å². The molecule has 112 valence electrons. The quantitative estimate of drug-likeness (QED) is 0.875. The molecule has 2 aromatic rings. The number of nitrogens with zero attached hydrogens (tertiary/aromatic N) is 2. The van der Waals surface area contributed by atoms with Crippen LogP contribution in [0.5, 0.6) is 0 Å². The van der Waals surface area contributed by atoms with Crippen molar-refractivity contribution in [1.82, 2.24) is 10.1 Å². The molecule has 1 aromatic heterocycles. The number of methoxy groups -OCH3 is 1. The lowest BCUT2D eigenvalue weighted by Crippen LogP contribution is -2.32. The van der Waals surface area contributed by atoms with Gasteiger partial charge in [-0.3, -0.25) is 0 Å². The maximum absolute atomic E-state index is 5.95. The van der Waals surface area contributed by atoms with Crippen molar-refractivity contribution in [3.05, 3.63) is 29.6 Å². The van der Waals surface area contributed by atoms with Crippen molar-refractivity contribution in [3.8, 4) is 11.5 Å². The molecule has 5 heteroatoms. The van der Waals surface area contributed by atoms with Gasteiger partial charge in [0.15, 0.2) is 0 Å². The zero-order chi connectivity index (χ0) is 14.9. The largest absolute Gasteiger partial charge is 0.398 e. The fraction of sp³-hybridized carbons (Fsp3) is 0.500. The first-order valence-corrected chi connectivity index (χ1v) is 7.41. The second-order valence-corrected chi connectivity index (χ2v) is 5.70. The number of aromatic nitrogens is 2. The van der Waals surface area contributed by atoms with Crippen molar-refractivity contribution in [2.45, 2.75) is 44.6 Å². The average Bonchev–Trinajstić information content (AvgIpc) is 3.01. The van der Waals surface area contributed by atoms with Gasteiger partial charge in [0.2, 0.25) is 5.82 Å². The molecule has 5 nitrogen and oxygen atoms in total. The van der Waals surface area contributed by atoms with Crippen LogP contribution in [0.1, 0.15) is 43.5 Å². The summed E-state index contributed by atoms with van der Waals surface area (Å²) in [5, 5.41) is 4.18. The molecule has 1 aliphatic carbocycles. The molecule has 1 aliphatic rings. The maximum Gasteiger partial charge on any atom is 0.258 e. The van der Waals surface area contributed by atoms with Crippen LogP contribution in [0.25, 0.3) is 11.5 Å². The van der Waals surface area contributed by atoms with Crippen molar-refractivity contribution in [1.29, 1.82) is 0 Å². The summed E-state index contributed by atoms with van der Waals surface area (Å²) < 4.78 is 11.2. The summed E-state index contributed by atoms with van der Waals surface area (Å²) in [6.45, 7) is 1.96. The summed E-state index contributed by atoms with van der Waals surface area (Å²) in [7, 11) is 1.73. The minimum Gasteiger partial charge on any atom is -0.398 e. The van der Waals surface area contributed by atoms with Gasteiger partial charge in [0.1, 0.15) is 5.60 Å². The first-order valence-electron chi connectivity index (χ1n) is 7.41. The molecule has 21 heavy (non-hydrogen) atoms. The van der Waals surface area contributed by atoms with E-state index in [0.717, 1.165) is 42.5 Å². The van der Waals surface area contributed by atoms with Gasteiger partial charge in [-0.1, -0.05) is 30.5 Å². The molecule has 2 N–H and O–H groups in total. The molecule has 0 radical (unpaired) electrons. The predicted octanol–water partition coefficient (Wildman–Crippen LogP) is 3.43. The lowest BCUT2D eigenvalue weighted by atomic mass is 9.84. The molecule has 0 spiro atoms. The number of ether oxygens (including phenoxy) is 1. The SMILES string of the molecule is COC1(c2noc(-c3cccc(N)c3C)n2)CCCCC1. The highest BCUT2D eigenvalue weighted by atomic mass is 16.5. The van der Waals surface area contributed by atoms with Crippen molar-refractivity contribution >= 4 is 5.69 Å². The van der Waals surface area contributed by atoms with E-state index in [2.05, 4.69) is 10.1 Å². The topological polar surface area (TPSA) is 74.2 Å². The van der Waals surface area contributed by atoms with Crippen molar-refractivity contribution < 1.29 is 9.26 Å². The van der Waals surface area contributed by atoms with E-state index in [4.69, 9.17) is 15.0 Å². The molecule has 0 unspecified atom stereocenters. The third kappa shape index (κ3) is 2.42. The Kier molecular flexibility index (Phi) is 3.68. The second-order valence-electron chi connectivity index (χ2n) is 5.70. The van der Waals surface area contributed by atoms with Gasteiger partial charge in [0, 0.05) is 18.4 Å². The molecule has 1 fully saturated rings. The predicted molar refractivity (Wildman–Crippen MR) is 80.7 cm³/mol. The summed E-state index contributed by atoms with van der Waals surface area (Å²) in [4.78, 5) is 4.59. The number of nitrogen functional groups attached to an aromatic ring is 1. The Bertz CT molecular complexity index is 630. The van der Waals surface area contributed by atoms with Gasteiger partial charge in [0.25, 0.3) is 5.89 Å². The number of hydrogen-bond acceptors (Lipinski definition) is 5. The number of benzene rings is 1. The standard InChI is InChI=1S/C16H21N3O2/c1-11-12(7-6-8-13(11)17)14-18-15(19-21-14)16(20-2)9-4-3-5-10-16/h6-8H,3-5,9-10,17H2,1-2H3. The van der Waals surface area contributed by atoms with Crippen LogP contribution in [-0.4, -0.2) is 17.3 Å². The fourth-order valence-electron chi connectivity index (χ4n) is 3.05. The van der Waals surface area contributed by atoms with E-state index < -0.39 is 5.60 Å². The number of anilines is 1. The number of nitrogens with two attached hydrogens (primary N) is 1. The fourth-order valence-corrected chi connectivity index (χ4v) is 3.05. The molecule has 0 aliphatic heterocycles. The van der Waals surface area contributed by atoms with E-state index >= 15 is 0 Å². The highest BCUT2D eigenvalue weighted by molar-refractivity contribution is 5.66. The van der Waals surface area contributed by atoms with E-state index in [1.807, 2.05) is 25.1 Å². The second kappa shape index (κ2) is 5.48. The van der Waals surface area contributed by atoms with Crippen LogP contribution >= 0.6 is 0 Å². The minimum absolute atomic E-state index is 0.395. The monoisotopic (exact) mass is 287 g/mol. The molecule has 0 bridgehead atoms. The Morgan fingerprint density at radius 1 is 1.24 bits per heavy atom. The Hall–Kier alpha value is -1.88. The summed E-state index contributed by atoms with van der Waals surface area (Å²) in [5.41, 5.74) is 8.12. The van der Waals surface area contributed by atoms with Crippen molar-refractivity contribution in [3.63, 3.8) is 0 Å². The van der Waals surface area contributed by atoms with Gasteiger partial charge in [-0.2, -0.15) is 4.98 Å². The van der Waals surface area contributed by atoms with Gasteiger partial charge in [-0.05, 0) is 37.5 Å². The molecule has 3 rings (SSSR count). The molecule has 0 saturated heterocycles. The smallest absolute Gasteiger partial charge is 0.258 e. The van der Waals surface area contributed by atoms with Crippen molar-refractivity contribution in [2.75, 3.05) is 12.8 Å². The zero-order valence-corrected chi connectivity index (χ0v) is 12.6. The van der Waals surface area contributed by atoms with Gasteiger partial charge < -0.3 is 15.0 Å². The summed E-state index contributed by atoms with van der Waals surface area (Å²) >= 11 is 0. The van der Waals surface area contributed by atoms with E-state index in [1.165, 1.54) is 6.42 Å². The van der Waals surface area contributed by atoms with Crippen LogP contribution < -0.4 is 5.73 Å². The average molecular weight is 287 g/mol. The highest BCUT2D eigenvalue weighted by Crippen LogP contribution is 2.39. The lowest BCUT2D eigenvalue weighted by Gasteiger charge is -2.32. The summed E-state index contributed by atoms with van der Waals surface area (Å²) in [6.07, 6.45) is 5.39. The summed E-state index contributed by atoms with van der Waals surface area (Å²) in [6, 6.07) is 5.71. The Labute approximate surface area is 124 Å². The van der Waals surface area contributed by atoms with E-state index in [9.17, 15) is 0 Å². The lowest BCUT2D eigenvalue weighted by molar-refractivity contribution is -0.0527. The van der Waals surface area contributed by atoms with Crippen LogP contribution in [0, 0.1) is 6.92 Å². The third-order valence-corrected chi connectivity index (χ3v) is 4.49. The minimum atomic E-state index is -0.395. The highest BCUT2D eigenvalue weighted by Gasteiger charge is 2.38. The van der Waals surface area contributed by atoms with E-state index in [1.54, 1.807) is 7.11 Å². The van der Waals surface area contributed by atoms with Crippen LogP contribution in [0.2, 0.25) is 0 Å². The Morgan fingerprint density at radius 3 is 2.71 bits per heavy atom. The van der Waals surface area contributed by atoms with Crippen molar-refractivity contribution in [2.24, 2.45) is 0 Å². The van der Waals surface area contributed by atoms with Crippen LogP contribution in [0.4, 0.5) is 5.69 Å². The Morgan fingerprint density at radius 2 is 2.00 bits per heavy atom. The normalized spacial score (nSPS) is 17.8. The molecule has 1 aromatic carbocycles. The van der Waals surface area contributed by atoms with Crippen LogP contribution in [-0.2, 0) is 10.3 Å². The Balaban J connectivity index is 1.98. The molecule has 1 saturated carbocycles. The maximum atomic E-state index is 5.95. The third-order valence-electron chi connectivity index (χ3n) is 4.49. The zero-order valence-electron chi connectivity index (χ0n) is 12.6. The molecular formula is C16H21N3O2. The summed E-state index contributed by atoms with van der Waals surface area (Å²) in [5.74, 6) is 1.17. The molecular weight excluding hydrogens is 266 g/mol. The molecule has 0 atom stereocenters. The first-order chi connectivity index (χ1) is 10.2. The van der Waals surface area contributed by atoms with Crippen LogP contribution in [0.15, 0.2) is 22.7 Å². The van der Waals surface area contributed by atoms with E-state index in [-0.39, 0.29) is 0 Å². The van der Waals surface area contributed by atoms with Crippen LogP contribution in [0.3, 0.4) is 0 Å². The first kappa shape index (κ1) is 14.1. The van der Waals surface area contributed by atoms with Gasteiger partial charge in [-0.25, -0.2) is 0 Å². The number of rotatable bonds is 3. The van der Waals surface area contributed by atoms with Gasteiger partial charge >= 0.3 is 0 Å².